The highest BCUT2D eigenvalue weighted by Crippen LogP contribution is 2.47. The van der Waals surface area contributed by atoms with Crippen molar-refractivity contribution < 1.29 is 37.3 Å². The predicted molar refractivity (Wildman–Crippen MR) is 146 cm³/mol. The topological polar surface area (TPSA) is 73.2 Å². The monoisotopic (exact) mass is 618 g/mol. The van der Waals surface area contributed by atoms with Gasteiger partial charge in [0.1, 0.15) is 29.9 Å². The number of carbonyl (C=O) groups is 1. The van der Waals surface area contributed by atoms with Crippen LogP contribution >= 0.6 is 23.2 Å². The Hall–Kier alpha value is -2.11. The second-order valence-electron chi connectivity index (χ2n) is 11.2. The van der Waals surface area contributed by atoms with Crippen molar-refractivity contribution in [2.75, 3.05) is 26.2 Å². The zero-order chi connectivity index (χ0) is 29.5. The maximum atomic E-state index is 15.2. The van der Waals surface area contributed by atoms with E-state index in [1.165, 1.54) is 34.1 Å². The average molecular weight is 619 g/mol. The Morgan fingerprint density at radius 1 is 1.00 bits per heavy atom. The number of aliphatic hydroxyl groups is 1. The molecular formula is C29H32Cl2F4N2O4. The molecule has 2 saturated heterocycles. The molecule has 0 bridgehead atoms. The van der Waals surface area contributed by atoms with Gasteiger partial charge >= 0.3 is 12.1 Å². The van der Waals surface area contributed by atoms with Crippen molar-refractivity contribution in [1.29, 1.82) is 0 Å². The summed E-state index contributed by atoms with van der Waals surface area (Å²) in [4.78, 5) is 14.4. The molecule has 5 rings (SSSR count). The van der Waals surface area contributed by atoms with Crippen LogP contribution in [0.3, 0.4) is 0 Å². The molecule has 2 aromatic carbocycles. The molecule has 224 valence electrons. The molecule has 0 amide bonds. The molecular weight excluding hydrogens is 587 g/mol. The Morgan fingerprint density at radius 2 is 1.66 bits per heavy atom. The number of hydrogen-bond acceptors (Lipinski definition) is 5. The largest absolute Gasteiger partial charge is 0.493 e. The molecule has 41 heavy (non-hydrogen) atoms. The van der Waals surface area contributed by atoms with E-state index in [0.717, 1.165) is 18.4 Å². The molecule has 3 aliphatic rings. The highest BCUT2D eigenvalue weighted by Gasteiger charge is 2.46. The first-order valence-electron chi connectivity index (χ1n) is 13.8. The number of aliphatic hydroxyl groups excluding tert-OH is 1. The van der Waals surface area contributed by atoms with Gasteiger partial charge in [0.2, 0.25) is 0 Å². The lowest BCUT2D eigenvalue weighted by molar-refractivity contribution is -0.190. The van der Waals surface area contributed by atoms with Crippen LogP contribution in [0.5, 0.6) is 5.75 Å². The van der Waals surface area contributed by atoms with Gasteiger partial charge in [0.15, 0.2) is 0 Å². The van der Waals surface area contributed by atoms with Crippen LogP contribution < -0.4 is 4.74 Å². The summed E-state index contributed by atoms with van der Waals surface area (Å²) >= 11 is 12.0. The van der Waals surface area contributed by atoms with E-state index in [-0.39, 0.29) is 52.7 Å². The van der Waals surface area contributed by atoms with E-state index in [4.69, 9.17) is 27.9 Å². The molecule has 0 spiro atoms. The number of hydrogen-bond donors (Lipinski definition) is 2. The van der Waals surface area contributed by atoms with Crippen molar-refractivity contribution in [3.8, 4) is 5.75 Å². The summed E-state index contributed by atoms with van der Waals surface area (Å²) in [6, 6.07) is 4.11. The number of carboxylic acid groups (broad SMARTS) is 1. The van der Waals surface area contributed by atoms with E-state index in [2.05, 4.69) is 0 Å². The first-order valence-corrected chi connectivity index (χ1v) is 14.6. The van der Waals surface area contributed by atoms with Crippen LogP contribution in [0.15, 0.2) is 30.3 Å². The van der Waals surface area contributed by atoms with Gasteiger partial charge in [-0.05, 0) is 98.8 Å². The molecule has 2 aliphatic heterocycles. The van der Waals surface area contributed by atoms with Crippen molar-refractivity contribution >= 4 is 29.2 Å². The number of piperidine rings is 1. The average Bonchev–Trinajstić information content (AvgIpc) is 3.61. The minimum absolute atomic E-state index is 0.000124. The number of halogens is 6. The lowest BCUT2D eigenvalue weighted by Gasteiger charge is -2.38. The summed E-state index contributed by atoms with van der Waals surface area (Å²) in [6.45, 7) is 0.963. The zero-order valence-electron chi connectivity index (χ0n) is 22.2. The van der Waals surface area contributed by atoms with Gasteiger partial charge in [0.05, 0.1) is 6.61 Å². The van der Waals surface area contributed by atoms with Gasteiger partial charge in [0, 0.05) is 28.2 Å². The summed E-state index contributed by atoms with van der Waals surface area (Å²) in [5, 5.41) is 20.6. The lowest BCUT2D eigenvalue weighted by Crippen LogP contribution is -2.43. The summed E-state index contributed by atoms with van der Waals surface area (Å²) < 4.78 is 63.6. The molecule has 1 unspecified atom stereocenters. The second-order valence-corrected chi connectivity index (χ2v) is 12.1. The normalized spacial score (nSPS) is 22.6. The van der Waals surface area contributed by atoms with E-state index in [0.29, 0.717) is 38.0 Å². The standard InChI is InChI=1S/C29H32Cl2F4N2O4/c30-19-10-18(11-20(31)12-19)26(29(33,34)35)36-8-5-16(6-9-36)15-41-25-14-23(32)22(13-21(25)17-3-4-17)27(38)37-7-1-2-24(37)28(39)40/h10-14,16-17,24,26-27,38H,1-9,15H2,(H,39,40)/t24-,26-,27?/m0/s1. The Bertz CT molecular complexity index is 1250. The summed E-state index contributed by atoms with van der Waals surface area (Å²) in [7, 11) is 0. The van der Waals surface area contributed by atoms with Gasteiger partial charge in [-0.25, -0.2) is 4.39 Å². The number of aliphatic carboxylic acids is 1. The van der Waals surface area contributed by atoms with Crippen molar-refractivity contribution in [2.24, 2.45) is 5.92 Å². The first-order chi connectivity index (χ1) is 19.4. The van der Waals surface area contributed by atoms with E-state index in [1.807, 2.05) is 0 Å². The third-order valence-electron chi connectivity index (χ3n) is 8.32. The fourth-order valence-electron chi connectivity index (χ4n) is 6.08. The summed E-state index contributed by atoms with van der Waals surface area (Å²) in [5.41, 5.74) is 0.791. The highest BCUT2D eigenvalue weighted by molar-refractivity contribution is 6.34. The van der Waals surface area contributed by atoms with E-state index >= 15 is 4.39 Å². The van der Waals surface area contributed by atoms with Crippen molar-refractivity contribution in [2.45, 2.75) is 68.9 Å². The van der Waals surface area contributed by atoms with E-state index in [1.54, 1.807) is 6.07 Å². The molecule has 1 saturated carbocycles. The van der Waals surface area contributed by atoms with Gasteiger partial charge in [-0.1, -0.05) is 23.2 Å². The van der Waals surface area contributed by atoms with Crippen molar-refractivity contribution in [3.05, 3.63) is 62.9 Å². The molecule has 0 radical (unpaired) electrons. The number of carboxylic acids is 1. The van der Waals surface area contributed by atoms with Crippen LogP contribution in [-0.2, 0) is 4.79 Å². The SMILES string of the molecule is O=C(O)[C@@H]1CCCN1C(O)c1cc(C2CC2)c(OCC2CCN([C@@H](c3cc(Cl)cc(Cl)c3)C(F)(F)F)CC2)cc1F. The van der Waals surface area contributed by atoms with Gasteiger partial charge < -0.3 is 14.9 Å². The van der Waals surface area contributed by atoms with Gasteiger partial charge in [-0.2, -0.15) is 13.2 Å². The number of benzene rings is 2. The van der Waals surface area contributed by atoms with Crippen LogP contribution in [-0.4, -0.2) is 64.4 Å². The number of likely N-dealkylation sites (tertiary alicyclic amines) is 2. The summed E-state index contributed by atoms with van der Waals surface area (Å²) in [5.74, 6) is -1.24. The van der Waals surface area contributed by atoms with Crippen molar-refractivity contribution in [3.63, 3.8) is 0 Å². The molecule has 1 aliphatic carbocycles. The fraction of sp³-hybridized carbons (Fsp3) is 0.552. The van der Waals surface area contributed by atoms with Crippen LogP contribution in [0.2, 0.25) is 10.0 Å². The van der Waals surface area contributed by atoms with Crippen LogP contribution in [0.1, 0.15) is 73.4 Å². The Balaban J connectivity index is 1.25. The third kappa shape index (κ3) is 6.94. The van der Waals surface area contributed by atoms with Crippen LogP contribution in [0.25, 0.3) is 0 Å². The highest BCUT2D eigenvalue weighted by atomic mass is 35.5. The van der Waals surface area contributed by atoms with Gasteiger partial charge in [-0.3, -0.25) is 14.6 Å². The second kappa shape index (κ2) is 12.2. The Labute approximate surface area is 245 Å². The van der Waals surface area contributed by atoms with Gasteiger partial charge in [0.25, 0.3) is 0 Å². The third-order valence-corrected chi connectivity index (χ3v) is 8.75. The molecule has 2 N–H and O–H groups in total. The quantitative estimate of drug-likeness (QED) is 0.296. The molecule has 3 fully saturated rings. The molecule has 3 atom stereocenters. The number of alkyl halides is 3. The van der Waals surface area contributed by atoms with Crippen LogP contribution in [0.4, 0.5) is 17.6 Å². The number of rotatable bonds is 9. The Kier molecular flexibility index (Phi) is 9.07. The molecule has 12 heteroatoms. The lowest BCUT2D eigenvalue weighted by atomic mass is 9.94. The van der Waals surface area contributed by atoms with Gasteiger partial charge in [-0.15, -0.1) is 0 Å². The molecule has 2 aromatic rings. The smallest absolute Gasteiger partial charge is 0.408 e. The van der Waals surface area contributed by atoms with E-state index < -0.39 is 36.3 Å². The summed E-state index contributed by atoms with van der Waals surface area (Å²) in [6.07, 6.45) is -2.20. The van der Waals surface area contributed by atoms with E-state index in [9.17, 15) is 28.2 Å². The first kappa shape index (κ1) is 30.4. The van der Waals surface area contributed by atoms with Crippen molar-refractivity contribution in [1.82, 2.24) is 9.80 Å². The predicted octanol–water partition coefficient (Wildman–Crippen LogP) is 6.94. The molecule has 2 heterocycles. The molecule has 0 aromatic heterocycles. The Morgan fingerprint density at radius 3 is 2.24 bits per heavy atom. The minimum atomic E-state index is -4.51. The van der Waals surface area contributed by atoms with Crippen LogP contribution in [0, 0.1) is 11.7 Å². The minimum Gasteiger partial charge on any atom is -0.493 e. The maximum absolute atomic E-state index is 15.2. The number of ether oxygens (including phenoxy) is 1. The number of nitrogens with zero attached hydrogens (tertiary/aromatic N) is 2. The maximum Gasteiger partial charge on any atom is 0.408 e. The fourth-order valence-corrected chi connectivity index (χ4v) is 6.62. The molecule has 6 nitrogen and oxygen atoms in total. The zero-order valence-corrected chi connectivity index (χ0v) is 23.7.